The van der Waals surface area contributed by atoms with E-state index in [4.69, 9.17) is 14.2 Å². The van der Waals surface area contributed by atoms with Gasteiger partial charge in [-0.2, -0.15) is 0 Å². The fourth-order valence-corrected chi connectivity index (χ4v) is 1.90. The Morgan fingerprint density at radius 3 is 2.75 bits per heavy atom. The lowest BCUT2D eigenvalue weighted by atomic mass is 10.1. The van der Waals surface area contributed by atoms with E-state index in [2.05, 4.69) is 5.32 Å². The highest BCUT2D eigenvalue weighted by Crippen LogP contribution is 2.33. The van der Waals surface area contributed by atoms with Gasteiger partial charge in [-0.25, -0.2) is 4.79 Å². The first-order valence-corrected chi connectivity index (χ1v) is 6.40. The topological polar surface area (TPSA) is 56.8 Å². The van der Waals surface area contributed by atoms with E-state index in [1.807, 2.05) is 39.0 Å². The minimum Gasteiger partial charge on any atom is -0.496 e. The summed E-state index contributed by atoms with van der Waals surface area (Å²) in [6.07, 6.45) is 1.55. The number of amides is 1. The predicted octanol–water partition coefficient (Wildman–Crippen LogP) is 3.00. The smallest absolute Gasteiger partial charge is 0.411 e. The van der Waals surface area contributed by atoms with Crippen LogP contribution < -0.4 is 14.8 Å². The lowest BCUT2D eigenvalue weighted by molar-refractivity contribution is 0.0542. The van der Waals surface area contributed by atoms with Gasteiger partial charge in [-0.3, -0.25) is 5.32 Å². The molecule has 0 atom stereocenters. The number of benzene rings is 1. The average Bonchev–Trinajstić information content (AvgIpc) is 2.35. The minimum atomic E-state index is -0.532. The quantitative estimate of drug-likeness (QED) is 0.902. The summed E-state index contributed by atoms with van der Waals surface area (Å²) in [5.74, 6) is 1.47. The van der Waals surface area contributed by atoms with E-state index >= 15 is 0 Å². The molecule has 0 fully saturated rings. The molecule has 0 spiro atoms. The van der Waals surface area contributed by atoms with E-state index in [0.29, 0.717) is 12.1 Å². The Bertz CT molecular complexity index is 543. The van der Waals surface area contributed by atoms with E-state index in [0.717, 1.165) is 17.1 Å². The Hall–Kier alpha value is -2.17. The molecule has 0 saturated carbocycles. The van der Waals surface area contributed by atoms with Crippen molar-refractivity contribution in [3.05, 3.63) is 35.7 Å². The first-order chi connectivity index (χ1) is 9.39. The van der Waals surface area contributed by atoms with Crippen LogP contribution in [0.25, 0.3) is 0 Å². The lowest BCUT2D eigenvalue weighted by Crippen LogP contribution is -2.33. The molecule has 20 heavy (non-hydrogen) atoms. The molecule has 0 radical (unpaired) electrons. The highest BCUT2D eigenvalue weighted by molar-refractivity contribution is 5.70. The molecule has 1 aromatic rings. The second-order valence-electron chi connectivity index (χ2n) is 5.50. The van der Waals surface area contributed by atoms with Crippen molar-refractivity contribution in [1.29, 1.82) is 0 Å². The number of rotatable bonds is 2. The Morgan fingerprint density at radius 1 is 1.35 bits per heavy atom. The van der Waals surface area contributed by atoms with Gasteiger partial charge < -0.3 is 14.2 Å². The molecule has 0 unspecified atom stereocenters. The molecule has 1 N–H and O–H groups in total. The van der Waals surface area contributed by atoms with Gasteiger partial charge in [0, 0.05) is 12.0 Å². The molecular formula is C15H19NO4. The van der Waals surface area contributed by atoms with Crippen molar-refractivity contribution >= 4 is 6.09 Å². The molecule has 1 aliphatic heterocycles. The maximum Gasteiger partial charge on any atom is 0.411 e. The summed E-state index contributed by atoms with van der Waals surface area (Å²) >= 11 is 0. The van der Waals surface area contributed by atoms with Gasteiger partial charge in [0.25, 0.3) is 0 Å². The second kappa shape index (κ2) is 5.45. The zero-order chi connectivity index (χ0) is 14.8. The molecule has 1 heterocycles. The number of methoxy groups -OCH3 is 1. The minimum absolute atomic E-state index is 0.495. The van der Waals surface area contributed by atoms with Crippen LogP contribution in [0.15, 0.2) is 30.2 Å². The van der Waals surface area contributed by atoms with Crippen molar-refractivity contribution in [1.82, 2.24) is 5.32 Å². The maximum absolute atomic E-state index is 11.7. The molecule has 0 saturated heterocycles. The highest BCUT2D eigenvalue weighted by Gasteiger charge is 2.21. The maximum atomic E-state index is 11.7. The third-order valence-corrected chi connectivity index (χ3v) is 2.67. The molecule has 1 amide bonds. The number of nitrogens with one attached hydrogen (secondary N) is 1. The van der Waals surface area contributed by atoms with E-state index in [-0.39, 0.29) is 0 Å². The second-order valence-corrected chi connectivity index (χ2v) is 5.50. The van der Waals surface area contributed by atoms with E-state index in [1.165, 1.54) is 6.26 Å². The molecule has 2 rings (SSSR count). The van der Waals surface area contributed by atoms with Gasteiger partial charge in [0.05, 0.1) is 12.8 Å². The molecule has 5 nitrogen and oxygen atoms in total. The van der Waals surface area contributed by atoms with Crippen LogP contribution in [0.5, 0.6) is 11.5 Å². The molecule has 0 aliphatic carbocycles. The molecule has 1 aromatic carbocycles. The van der Waals surface area contributed by atoms with Crippen LogP contribution in [-0.2, 0) is 11.2 Å². The fourth-order valence-electron chi connectivity index (χ4n) is 1.90. The standard InChI is InChI=1S/C15H19NO4/c1-15(2,3)20-14(17)16-10-8-11-12(18-4)6-5-7-13(11)19-9-10/h5-7,9H,8H2,1-4H3,(H,16,17). The molecule has 0 aromatic heterocycles. The number of hydrogen-bond acceptors (Lipinski definition) is 4. The summed E-state index contributed by atoms with van der Waals surface area (Å²) in [6.45, 7) is 5.45. The predicted molar refractivity (Wildman–Crippen MR) is 74.8 cm³/mol. The van der Waals surface area contributed by atoms with Crippen molar-refractivity contribution < 1.29 is 19.0 Å². The molecule has 108 valence electrons. The Balaban J connectivity index is 2.07. The number of ether oxygens (including phenoxy) is 3. The summed E-state index contributed by atoms with van der Waals surface area (Å²) < 4.78 is 16.0. The van der Waals surface area contributed by atoms with Crippen LogP contribution in [0, 0.1) is 0 Å². The monoisotopic (exact) mass is 277 g/mol. The Morgan fingerprint density at radius 2 is 2.10 bits per heavy atom. The largest absolute Gasteiger partial charge is 0.496 e. The number of carbonyl (C=O) groups excluding carboxylic acids is 1. The van der Waals surface area contributed by atoms with Crippen molar-refractivity contribution in [3.8, 4) is 11.5 Å². The van der Waals surface area contributed by atoms with Crippen LogP contribution >= 0.6 is 0 Å². The van der Waals surface area contributed by atoms with Gasteiger partial charge >= 0.3 is 6.09 Å². The number of carbonyl (C=O) groups is 1. The third kappa shape index (κ3) is 3.44. The van der Waals surface area contributed by atoms with Gasteiger partial charge in [0.1, 0.15) is 23.4 Å². The first kappa shape index (κ1) is 14.2. The van der Waals surface area contributed by atoms with Crippen molar-refractivity contribution in [3.63, 3.8) is 0 Å². The summed E-state index contributed by atoms with van der Waals surface area (Å²) in [4.78, 5) is 11.7. The van der Waals surface area contributed by atoms with Crippen LogP contribution in [0.3, 0.4) is 0 Å². The number of hydrogen-bond donors (Lipinski definition) is 1. The van der Waals surface area contributed by atoms with E-state index in [9.17, 15) is 4.79 Å². The first-order valence-electron chi connectivity index (χ1n) is 6.40. The van der Waals surface area contributed by atoms with Crippen LogP contribution in [0.4, 0.5) is 4.79 Å². The van der Waals surface area contributed by atoms with Gasteiger partial charge in [0.2, 0.25) is 0 Å². The number of fused-ring (bicyclic) bond motifs is 1. The molecule has 5 heteroatoms. The third-order valence-electron chi connectivity index (χ3n) is 2.67. The average molecular weight is 277 g/mol. The van der Waals surface area contributed by atoms with E-state index < -0.39 is 11.7 Å². The van der Waals surface area contributed by atoms with Crippen molar-refractivity contribution in [2.24, 2.45) is 0 Å². The van der Waals surface area contributed by atoms with Crippen molar-refractivity contribution in [2.75, 3.05) is 7.11 Å². The fraction of sp³-hybridized carbons (Fsp3) is 0.400. The van der Waals surface area contributed by atoms with E-state index in [1.54, 1.807) is 7.11 Å². The van der Waals surface area contributed by atoms with Crippen LogP contribution in [0.1, 0.15) is 26.3 Å². The highest BCUT2D eigenvalue weighted by atomic mass is 16.6. The van der Waals surface area contributed by atoms with Gasteiger partial charge in [0.15, 0.2) is 0 Å². The Labute approximate surface area is 118 Å². The van der Waals surface area contributed by atoms with Crippen molar-refractivity contribution in [2.45, 2.75) is 32.8 Å². The zero-order valence-corrected chi connectivity index (χ0v) is 12.1. The van der Waals surface area contributed by atoms with Crippen LogP contribution in [-0.4, -0.2) is 18.8 Å². The molecule has 1 aliphatic rings. The summed E-state index contributed by atoms with van der Waals surface area (Å²) in [5.41, 5.74) is 1.01. The Kier molecular flexibility index (Phi) is 3.88. The number of allylic oxidation sites excluding steroid dienone is 1. The lowest BCUT2D eigenvalue weighted by Gasteiger charge is -2.23. The summed E-state index contributed by atoms with van der Waals surface area (Å²) in [6, 6.07) is 5.58. The number of alkyl carbamates (subject to hydrolysis) is 1. The molecule has 0 bridgehead atoms. The van der Waals surface area contributed by atoms with Gasteiger partial charge in [-0.05, 0) is 32.9 Å². The van der Waals surface area contributed by atoms with Crippen LogP contribution in [0.2, 0.25) is 0 Å². The van der Waals surface area contributed by atoms with Gasteiger partial charge in [-0.15, -0.1) is 0 Å². The SMILES string of the molecule is COc1cccc2c1CC(NC(=O)OC(C)(C)C)=CO2. The zero-order valence-electron chi connectivity index (χ0n) is 12.1. The normalized spacial score (nSPS) is 13.7. The summed E-state index contributed by atoms with van der Waals surface area (Å²) in [5, 5.41) is 2.69. The van der Waals surface area contributed by atoms with Gasteiger partial charge in [-0.1, -0.05) is 6.07 Å². The summed E-state index contributed by atoms with van der Waals surface area (Å²) in [7, 11) is 1.61. The molecular weight excluding hydrogens is 258 g/mol.